The van der Waals surface area contributed by atoms with Crippen molar-refractivity contribution in [2.24, 2.45) is 7.05 Å². The molecular formula is C23H25N5O6. The molecule has 2 heterocycles. The number of para-hydroxylation sites is 1. The van der Waals surface area contributed by atoms with Crippen LogP contribution in [0.3, 0.4) is 0 Å². The Balaban J connectivity index is 1.69. The van der Waals surface area contributed by atoms with Gasteiger partial charge < -0.3 is 14.4 Å². The monoisotopic (exact) mass is 467 g/mol. The van der Waals surface area contributed by atoms with Crippen LogP contribution in [0.2, 0.25) is 0 Å². The van der Waals surface area contributed by atoms with Crippen molar-refractivity contribution >= 4 is 11.6 Å². The lowest BCUT2D eigenvalue weighted by molar-refractivity contribution is -0.385. The van der Waals surface area contributed by atoms with E-state index in [2.05, 4.69) is 5.10 Å². The molecule has 11 heteroatoms. The SMILES string of the molecule is COc1cc(C(=O)N2CCCC(c3nn(C)c(=O)n3-c3ccccc3)C2)c([N+](=O)[O-])cc1OC. The third kappa shape index (κ3) is 4.12. The van der Waals surface area contributed by atoms with Crippen molar-refractivity contribution in [1.29, 1.82) is 0 Å². The zero-order valence-electron chi connectivity index (χ0n) is 19.1. The molecule has 0 N–H and O–H groups in total. The van der Waals surface area contributed by atoms with Gasteiger partial charge in [0.15, 0.2) is 11.5 Å². The fraction of sp³-hybridized carbons (Fsp3) is 0.348. The minimum absolute atomic E-state index is 0.0789. The molecule has 1 aliphatic heterocycles. The number of hydrogen-bond donors (Lipinski definition) is 0. The minimum atomic E-state index is -0.609. The molecule has 1 aliphatic rings. The Hall–Kier alpha value is -4.15. The first kappa shape index (κ1) is 23.0. The number of benzene rings is 2. The highest BCUT2D eigenvalue weighted by Gasteiger charge is 2.33. The van der Waals surface area contributed by atoms with Gasteiger partial charge in [0.05, 0.1) is 30.9 Å². The zero-order valence-corrected chi connectivity index (χ0v) is 19.1. The summed E-state index contributed by atoms with van der Waals surface area (Å²) in [5.41, 5.74) is -0.0247. The normalized spacial score (nSPS) is 15.7. The summed E-state index contributed by atoms with van der Waals surface area (Å²) in [6.07, 6.45) is 1.39. The van der Waals surface area contributed by atoms with E-state index in [1.807, 2.05) is 30.3 Å². The van der Waals surface area contributed by atoms with Crippen LogP contribution < -0.4 is 15.2 Å². The molecule has 2 aromatic carbocycles. The first-order chi connectivity index (χ1) is 16.3. The highest BCUT2D eigenvalue weighted by molar-refractivity contribution is 5.99. The van der Waals surface area contributed by atoms with E-state index in [1.54, 1.807) is 16.5 Å². The van der Waals surface area contributed by atoms with Gasteiger partial charge >= 0.3 is 5.69 Å². The van der Waals surface area contributed by atoms with Gasteiger partial charge in [-0.25, -0.2) is 14.0 Å². The predicted octanol–water partition coefficient (Wildman–Crippen LogP) is 2.52. The topological polar surface area (TPSA) is 122 Å². The Morgan fingerprint density at radius 1 is 1.15 bits per heavy atom. The molecule has 1 amide bonds. The van der Waals surface area contributed by atoms with Crippen molar-refractivity contribution in [2.75, 3.05) is 27.3 Å². The largest absolute Gasteiger partial charge is 0.493 e. The number of aromatic nitrogens is 3. The second kappa shape index (κ2) is 9.38. The fourth-order valence-electron chi connectivity index (χ4n) is 4.30. The first-order valence-corrected chi connectivity index (χ1v) is 10.8. The third-order valence-corrected chi connectivity index (χ3v) is 5.97. The van der Waals surface area contributed by atoms with E-state index >= 15 is 0 Å². The molecule has 1 aromatic heterocycles. The first-order valence-electron chi connectivity index (χ1n) is 10.8. The van der Waals surface area contributed by atoms with Gasteiger partial charge in [0.1, 0.15) is 11.4 Å². The van der Waals surface area contributed by atoms with Crippen molar-refractivity contribution in [1.82, 2.24) is 19.2 Å². The van der Waals surface area contributed by atoms with E-state index in [-0.39, 0.29) is 40.9 Å². The maximum absolute atomic E-state index is 13.4. The molecule has 34 heavy (non-hydrogen) atoms. The summed E-state index contributed by atoms with van der Waals surface area (Å²) >= 11 is 0. The zero-order chi connectivity index (χ0) is 24.4. The van der Waals surface area contributed by atoms with Crippen LogP contribution in [-0.4, -0.2) is 57.4 Å². The van der Waals surface area contributed by atoms with E-state index in [4.69, 9.17) is 9.47 Å². The van der Waals surface area contributed by atoms with E-state index in [1.165, 1.54) is 31.0 Å². The van der Waals surface area contributed by atoms with Gasteiger partial charge in [0.2, 0.25) is 0 Å². The average Bonchev–Trinajstić information content (AvgIpc) is 3.17. The number of aryl methyl sites for hydroxylation is 1. The summed E-state index contributed by atoms with van der Waals surface area (Å²) in [6, 6.07) is 11.7. The summed E-state index contributed by atoms with van der Waals surface area (Å²) in [7, 11) is 4.36. The minimum Gasteiger partial charge on any atom is -0.493 e. The average molecular weight is 467 g/mol. The molecule has 1 unspecified atom stereocenters. The maximum Gasteiger partial charge on any atom is 0.350 e. The van der Waals surface area contributed by atoms with Crippen LogP contribution in [0.4, 0.5) is 5.69 Å². The van der Waals surface area contributed by atoms with Crippen LogP contribution in [0.15, 0.2) is 47.3 Å². The van der Waals surface area contributed by atoms with Crippen LogP contribution in [0, 0.1) is 10.1 Å². The van der Waals surface area contributed by atoms with Gasteiger partial charge in [-0.15, -0.1) is 0 Å². The van der Waals surface area contributed by atoms with Crippen LogP contribution in [0.25, 0.3) is 5.69 Å². The lowest BCUT2D eigenvalue weighted by Crippen LogP contribution is -2.40. The number of methoxy groups -OCH3 is 2. The van der Waals surface area contributed by atoms with Crippen LogP contribution in [-0.2, 0) is 7.05 Å². The summed E-state index contributed by atoms with van der Waals surface area (Å²) < 4.78 is 13.2. The third-order valence-electron chi connectivity index (χ3n) is 5.97. The lowest BCUT2D eigenvalue weighted by Gasteiger charge is -2.32. The Kier molecular flexibility index (Phi) is 6.35. The molecule has 3 aromatic rings. The molecule has 0 radical (unpaired) electrons. The molecule has 0 bridgehead atoms. The molecule has 1 saturated heterocycles. The number of piperidine rings is 1. The van der Waals surface area contributed by atoms with Crippen molar-refractivity contribution in [3.63, 3.8) is 0 Å². The molecule has 0 spiro atoms. The number of carbonyl (C=O) groups is 1. The summed E-state index contributed by atoms with van der Waals surface area (Å²) in [5, 5.41) is 16.1. The number of nitrogens with zero attached hydrogens (tertiary/aromatic N) is 5. The van der Waals surface area contributed by atoms with E-state index in [0.717, 1.165) is 6.42 Å². The Morgan fingerprint density at radius 3 is 2.47 bits per heavy atom. The molecule has 0 aliphatic carbocycles. The van der Waals surface area contributed by atoms with Gasteiger partial charge in [0.25, 0.3) is 11.6 Å². The van der Waals surface area contributed by atoms with Crippen LogP contribution in [0.1, 0.15) is 34.9 Å². The second-order valence-electron chi connectivity index (χ2n) is 8.01. The number of hydrogen-bond acceptors (Lipinski definition) is 7. The van der Waals surface area contributed by atoms with Gasteiger partial charge in [0, 0.05) is 32.1 Å². The highest BCUT2D eigenvalue weighted by Crippen LogP contribution is 2.36. The van der Waals surface area contributed by atoms with Crippen molar-refractivity contribution in [3.8, 4) is 17.2 Å². The number of nitro benzene ring substituents is 1. The Bertz CT molecular complexity index is 1280. The molecular weight excluding hydrogens is 442 g/mol. The maximum atomic E-state index is 13.4. The Morgan fingerprint density at radius 2 is 1.82 bits per heavy atom. The summed E-state index contributed by atoms with van der Waals surface area (Å²) in [4.78, 5) is 38.9. The number of ether oxygens (including phenoxy) is 2. The number of likely N-dealkylation sites (tertiary alicyclic amines) is 1. The van der Waals surface area contributed by atoms with Gasteiger partial charge in [-0.05, 0) is 25.0 Å². The molecule has 0 saturated carbocycles. The number of nitro groups is 1. The number of rotatable bonds is 6. The smallest absolute Gasteiger partial charge is 0.350 e. The molecule has 11 nitrogen and oxygen atoms in total. The predicted molar refractivity (Wildman–Crippen MR) is 123 cm³/mol. The van der Waals surface area contributed by atoms with Crippen molar-refractivity contribution in [2.45, 2.75) is 18.8 Å². The molecule has 4 rings (SSSR count). The van der Waals surface area contributed by atoms with E-state index in [9.17, 15) is 19.7 Å². The fourth-order valence-corrected chi connectivity index (χ4v) is 4.30. The summed E-state index contributed by atoms with van der Waals surface area (Å²) in [6.45, 7) is 0.705. The Labute approximate surface area is 195 Å². The summed E-state index contributed by atoms with van der Waals surface area (Å²) in [5.74, 6) is 0.251. The molecule has 1 fully saturated rings. The number of amides is 1. The number of carbonyl (C=O) groups excluding carboxylic acids is 1. The molecule has 1 atom stereocenters. The standard InChI is InChI=1S/C23H25N5O6/c1-25-23(30)27(16-9-5-4-6-10-16)21(24-25)15-8-7-11-26(14-15)22(29)17-12-19(33-2)20(34-3)13-18(17)28(31)32/h4-6,9-10,12-13,15H,7-8,11,14H2,1-3H3. The van der Waals surface area contributed by atoms with Crippen molar-refractivity contribution < 1.29 is 19.2 Å². The van der Waals surface area contributed by atoms with Gasteiger partial charge in [-0.2, -0.15) is 5.10 Å². The van der Waals surface area contributed by atoms with Gasteiger partial charge in [-0.3, -0.25) is 14.9 Å². The van der Waals surface area contributed by atoms with E-state index < -0.39 is 10.8 Å². The van der Waals surface area contributed by atoms with E-state index in [0.29, 0.717) is 24.5 Å². The van der Waals surface area contributed by atoms with Crippen LogP contribution >= 0.6 is 0 Å². The van der Waals surface area contributed by atoms with Gasteiger partial charge in [-0.1, -0.05) is 18.2 Å². The van der Waals surface area contributed by atoms with Crippen LogP contribution in [0.5, 0.6) is 11.5 Å². The van der Waals surface area contributed by atoms with Crippen molar-refractivity contribution in [3.05, 3.63) is 74.5 Å². The lowest BCUT2D eigenvalue weighted by atomic mass is 9.96. The molecule has 178 valence electrons. The highest BCUT2D eigenvalue weighted by atomic mass is 16.6. The second-order valence-corrected chi connectivity index (χ2v) is 8.01. The quantitative estimate of drug-likeness (QED) is 0.403.